The molecule has 114 valence electrons. The molecule has 1 aliphatic heterocycles. The lowest BCUT2D eigenvalue weighted by Crippen LogP contribution is -2.40. The van der Waals surface area contributed by atoms with Crippen LogP contribution in [0, 0.1) is 12.8 Å². The first kappa shape index (κ1) is 15.8. The average molecular weight is 311 g/mol. The predicted octanol–water partition coefficient (Wildman–Crippen LogP) is 1.52. The highest BCUT2D eigenvalue weighted by Crippen LogP contribution is 2.25. The summed E-state index contributed by atoms with van der Waals surface area (Å²) in [7, 11) is 0. The second-order valence-corrected chi connectivity index (χ2v) is 5.55. The van der Waals surface area contributed by atoms with E-state index in [0.717, 1.165) is 12.0 Å². The molecule has 1 saturated heterocycles. The maximum atomic E-state index is 12.0. The predicted molar refractivity (Wildman–Crippen MR) is 76.9 cm³/mol. The van der Waals surface area contributed by atoms with E-state index >= 15 is 0 Å². The Kier molecular flexibility index (Phi) is 5.20. The van der Waals surface area contributed by atoms with E-state index < -0.39 is 18.0 Å². The Morgan fingerprint density at radius 1 is 1.52 bits per heavy atom. The quantitative estimate of drug-likeness (QED) is 0.894. The molecule has 2 atom stereocenters. The molecule has 1 N–H and O–H groups in total. The van der Waals surface area contributed by atoms with Crippen LogP contribution in [0.2, 0.25) is 5.02 Å². The van der Waals surface area contributed by atoms with E-state index in [1.165, 1.54) is 0 Å². The number of carboxylic acids is 1. The van der Waals surface area contributed by atoms with Gasteiger partial charge in [-0.25, -0.2) is 0 Å². The lowest BCUT2D eigenvalue weighted by Gasteiger charge is -2.23. The molecule has 0 radical (unpaired) electrons. The second kappa shape index (κ2) is 6.91. The Hall–Kier alpha value is -1.59. The van der Waals surface area contributed by atoms with Crippen LogP contribution in [0.15, 0.2) is 18.2 Å². The molecule has 21 heavy (non-hydrogen) atoms. The molecule has 1 heterocycles. The van der Waals surface area contributed by atoms with Gasteiger partial charge in [-0.2, -0.15) is 0 Å². The number of benzene rings is 1. The van der Waals surface area contributed by atoms with E-state index in [1.54, 1.807) is 25.1 Å². The Bertz CT molecular complexity index is 540. The fraction of sp³-hybridized carbons (Fsp3) is 0.467. The van der Waals surface area contributed by atoms with Crippen molar-refractivity contribution in [3.63, 3.8) is 0 Å². The molecule has 1 aromatic carbocycles. The van der Waals surface area contributed by atoms with Gasteiger partial charge in [-0.15, -0.1) is 0 Å². The molecule has 5 nitrogen and oxygen atoms in total. The summed E-state index contributed by atoms with van der Waals surface area (Å²) in [5.74, 6) is -2.56. The molecule has 0 aliphatic carbocycles. The lowest BCUT2D eigenvalue weighted by molar-refractivity contribution is -0.314. The van der Waals surface area contributed by atoms with Crippen LogP contribution in [-0.2, 0) is 14.3 Å². The fourth-order valence-electron chi connectivity index (χ4n) is 2.43. The topological polar surface area (TPSA) is 78.5 Å². The fourth-order valence-corrected chi connectivity index (χ4v) is 2.60. The molecule has 0 saturated carbocycles. The standard InChI is InChI=1S/C15H18ClNO4/c1-9-11(16)4-2-5-12(9)17-14(18)8-10(15(19)20)13-6-3-7-21-13/h2,4-5,10,13H,3,6-8H2,1H3,(H,17,18)(H,19,20)/p-1/t10-,13+/m1/s1. The van der Waals surface area contributed by atoms with Gasteiger partial charge in [-0.3, -0.25) is 4.79 Å². The highest BCUT2D eigenvalue weighted by molar-refractivity contribution is 6.31. The van der Waals surface area contributed by atoms with Crippen LogP contribution in [0.5, 0.6) is 0 Å². The van der Waals surface area contributed by atoms with Crippen molar-refractivity contribution in [1.29, 1.82) is 0 Å². The lowest BCUT2D eigenvalue weighted by atomic mass is 9.96. The van der Waals surface area contributed by atoms with Gasteiger partial charge in [-0.1, -0.05) is 17.7 Å². The number of carboxylic acid groups (broad SMARTS) is 1. The first-order valence-corrected chi connectivity index (χ1v) is 7.24. The van der Waals surface area contributed by atoms with Crippen molar-refractivity contribution in [2.75, 3.05) is 11.9 Å². The first-order chi connectivity index (χ1) is 9.99. The molecule has 6 heteroatoms. The van der Waals surface area contributed by atoms with Crippen molar-refractivity contribution in [2.24, 2.45) is 5.92 Å². The zero-order chi connectivity index (χ0) is 15.4. The number of rotatable bonds is 5. The molecule has 0 bridgehead atoms. The smallest absolute Gasteiger partial charge is 0.225 e. The summed E-state index contributed by atoms with van der Waals surface area (Å²) in [4.78, 5) is 23.2. The van der Waals surface area contributed by atoms with Crippen LogP contribution in [0.1, 0.15) is 24.8 Å². The van der Waals surface area contributed by atoms with Crippen molar-refractivity contribution < 1.29 is 19.4 Å². The molecule has 1 fully saturated rings. The number of ether oxygens (including phenoxy) is 1. The van der Waals surface area contributed by atoms with Gasteiger partial charge in [0.1, 0.15) is 0 Å². The van der Waals surface area contributed by atoms with E-state index in [2.05, 4.69) is 5.32 Å². The van der Waals surface area contributed by atoms with Crippen LogP contribution in [0.25, 0.3) is 0 Å². The zero-order valence-electron chi connectivity index (χ0n) is 11.7. The maximum absolute atomic E-state index is 12.0. The summed E-state index contributed by atoms with van der Waals surface area (Å²) in [6, 6.07) is 5.17. The molecule has 0 aromatic heterocycles. The summed E-state index contributed by atoms with van der Waals surface area (Å²) in [6.45, 7) is 2.32. The average Bonchev–Trinajstić information content (AvgIpc) is 2.95. The number of carbonyl (C=O) groups is 2. The molecule has 0 unspecified atom stereocenters. The highest BCUT2D eigenvalue weighted by atomic mass is 35.5. The van der Waals surface area contributed by atoms with Crippen molar-refractivity contribution in [1.82, 2.24) is 0 Å². The number of carbonyl (C=O) groups excluding carboxylic acids is 2. The third-order valence-corrected chi connectivity index (χ3v) is 4.07. The van der Waals surface area contributed by atoms with E-state index in [-0.39, 0.29) is 12.3 Å². The van der Waals surface area contributed by atoms with Gasteiger partial charge in [-0.05, 0) is 37.5 Å². The zero-order valence-corrected chi connectivity index (χ0v) is 12.5. The minimum absolute atomic E-state index is 0.168. The van der Waals surface area contributed by atoms with Crippen molar-refractivity contribution in [3.05, 3.63) is 28.8 Å². The van der Waals surface area contributed by atoms with Gasteiger partial charge < -0.3 is 20.0 Å². The maximum Gasteiger partial charge on any atom is 0.225 e. The summed E-state index contributed by atoms with van der Waals surface area (Å²) in [5, 5.41) is 14.4. The Morgan fingerprint density at radius 3 is 2.90 bits per heavy atom. The number of anilines is 1. The third-order valence-electron chi connectivity index (χ3n) is 3.66. The van der Waals surface area contributed by atoms with E-state index in [9.17, 15) is 14.7 Å². The van der Waals surface area contributed by atoms with Crippen LogP contribution in [0.3, 0.4) is 0 Å². The van der Waals surface area contributed by atoms with Gasteiger partial charge in [0, 0.05) is 35.6 Å². The van der Waals surface area contributed by atoms with Gasteiger partial charge in [0.2, 0.25) is 5.91 Å². The number of halogens is 1. The number of amides is 1. The second-order valence-electron chi connectivity index (χ2n) is 5.14. The van der Waals surface area contributed by atoms with Crippen molar-refractivity contribution in [3.8, 4) is 0 Å². The van der Waals surface area contributed by atoms with Gasteiger partial charge in [0.25, 0.3) is 0 Å². The Balaban J connectivity index is 2.02. The Labute approximate surface area is 128 Å². The van der Waals surface area contributed by atoms with E-state index in [1.807, 2.05) is 0 Å². The molecular weight excluding hydrogens is 294 g/mol. The van der Waals surface area contributed by atoms with Crippen LogP contribution in [0.4, 0.5) is 5.69 Å². The first-order valence-electron chi connectivity index (χ1n) is 6.86. The van der Waals surface area contributed by atoms with E-state index in [0.29, 0.717) is 23.7 Å². The largest absolute Gasteiger partial charge is 0.550 e. The van der Waals surface area contributed by atoms with Crippen LogP contribution < -0.4 is 10.4 Å². The summed E-state index contributed by atoms with van der Waals surface area (Å²) in [6.07, 6.45) is 0.839. The van der Waals surface area contributed by atoms with Gasteiger partial charge in [0.05, 0.1) is 6.10 Å². The van der Waals surface area contributed by atoms with Gasteiger partial charge >= 0.3 is 0 Å². The normalized spacial score (nSPS) is 19.2. The SMILES string of the molecule is Cc1c(Cl)cccc1NC(=O)C[C@@H](C(=O)[O-])[C@@H]1CCCO1. The molecule has 1 amide bonds. The molecule has 1 aliphatic rings. The minimum atomic E-state index is -1.25. The van der Waals surface area contributed by atoms with Crippen LogP contribution in [-0.4, -0.2) is 24.6 Å². The number of aliphatic carboxylic acids is 1. The molecule has 0 spiro atoms. The Morgan fingerprint density at radius 2 is 2.29 bits per heavy atom. The number of nitrogens with one attached hydrogen (secondary N) is 1. The molecule has 2 rings (SSSR count). The number of hydrogen-bond acceptors (Lipinski definition) is 4. The minimum Gasteiger partial charge on any atom is -0.550 e. The highest BCUT2D eigenvalue weighted by Gasteiger charge is 2.29. The summed E-state index contributed by atoms with van der Waals surface area (Å²) < 4.78 is 5.35. The molecule has 1 aromatic rings. The van der Waals surface area contributed by atoms with E-state index in [4.69, 9.17) is 16.3 Å². The monoisotopic (exact) mass is 310 g/mol. The van der Waals surface area contributed by atoms with Gasteiger partial charge in [0.15, 0.2) is 0 Å². The van der Waals surface area contributed by atoms with Crippen molar-refractivity contribution >= 4 is 29.2 Å². The summed E-state index contributed by atoms with van der Waals surface area (Å²) in [5.41, 5.74) is 1.33. The summed E-state index contributed by atoms with van der Waals surface area (Å²) >= 11 is 5.98. The third kappa shape index (κ3) is 3.95. The molecular formula is C15H17ClNO4-. The van der Waals surface area contributed by atoms with Crippen LogP contribution >= 0.6 is 11.6 Å². The van der Waals surface area contributed by atoms with Crippen molar-refractivity contribution in [2.45, 2.75) is 32.3 Å². The number of hydrogen-bond donors (Lipinski definition) is 1.